The first-order chi connectivity index (χ1) is 11.1. The molecular formula is C19H20N2O2. The molecule has 2 amide bonds. The van der Waals surface area contributed by atoms with Crippen LogP contribution in [0.3, 0.4) is 0 Å². The maximum absolute atomic E-state index is 12.6. The molecule has 0 saturated carbocycles. The predicted molar refractivity (Wildman–Crippen MR) is 91.5 cm³/mol. The van der Waals surface area contributed by atoms with Crippen molar-refractivity contribution >= 4 is 23.2 Å². The fraction of sp³-hybridized carbons (Fsp3) is 0.263. The van der Waals surface area contributed by atoms with E-state index in [4.69, 9.17) is 0 Å². The fourth-order valence-corrected chi connectivity index (χ4v) is 2.75. The zero-order valence-corrected chi connectivity index (χ0v) is 13.4. The quantitative estimate of drug-likeness (QED) is 0.882. The van der Waals surface area contributed by atoms with Gasteiger partial charge in [0.15, 0.2) is 0 Å². The van der Waals surface area contributed by atoms with Crippen molar-refractivity contribution in [2.45, 2.75) is 32.7 Å². The minimum Gasteiger partial charge on any atom is -0.373 e. The van der Waals surface area contributed by atoms with E-state index < -0.39 is 6.04 Å². The Hall–Kier alpha value is -2.62. The molecule has 1 heterocycles. The van der Waals surface area contributed by atoms with E-state index in [1.165, 1.54) is 10.5 Å². The minimum absolute atomic E-state index is 0.165. The van der Waals surface area contributed by atoms with Crippen molar-refractivity contribution in [3.05, 3.63) is 59.7 Å². The number of anilines is 2. The van der Waals surface area contributed by atoms with Gasteiger partial charge in [0.05, 0.1) is 12.1 Å². The highest BCUT2D eigenvalue weighted by Crippen LogP contribution is 2.25. The summed E-state index contributed by atoms with van der Waals surface area (Å²) in [5.41, 5.74) is 3.83. The molecule has 3 rings (SSSR count). The Bertz CT molecular complexity index is 720. The van der Waals surface area contributed by atoms with E-state index in [2.05, 4.69) is 12.2 Å². The molecule has 0 spiro atoms. The Kier molecular flexibility index (Phi) is 4.15. The van der Waals surface area contributed by atoms with Gasteiger partial charge in [0.25, 0.3) is 5.91 Å². The second-order valence-electron chi connectivity index (χ2n) is 5.85. The van der Waals surface area contributed by atoms with E-state index in [0.29, 0.717) is 5.69 Å². The average Bonchev–Trinajstić information content (AvgIpc) is 2.83. The average molecular weight is 308 g/mol. The number of imide groups is 1. The highest BCUT2D eigenvalue weighted by molar-refractivity contribution is 6.23. The third-order valence-electron chi connectivity index (χ3n) is 4.14. The summed E-state index contributed by atoms with van der Waals surface area (Å²) in [5, 5.41) is 3.17. The zero-order valence-electron chi connectivity index (χ0n) is 13.4. The molecule has 1 fully saturated rings. The van der Waals surface area contributed by atoms with E-state index in [-0.39, 0.29) is 18.2 Å². The van der Waals surface area contributed by atoms with Crippen molar-refractivity contribution in [1.82, 2.24) is 0 Å². The van der Waals surface area contributed by atoms with Gasteiger partial charge < -0.3 is 5.32 Å². The SMILES string of the molecule is CCc1ccc(N[C@@H]2CC(=O)N(c3ccc(C)cc3)C2=O)cc1. The molecule has 0 radical (unpaired) electrons. The van der Waals surface area contributed by atoms with Gasteiger partial charge in [0, 0.05) is 5.69 Å². The van der Waals surface area contributed by atoms with Crippen LogP contribution in [-0.4, -0.2) is 17.9 Å². The van der Waals surface area contributed by atoms with Crippen LogP contribution in [0.1, 0.15) is 24.5 Å². The number of carbonyl (C=O) groups excluding carboxylic acids is 2. The molecule has 2 aromatic carbocycles. The standard InChI is InChI=1S/C19H20N2O2/c1-3-14-6-8-15(9-7-14)20-17-12-18(22)21(19(17)23)16-10-4-13(2)5-11-16/h4-11,17,20H,3,12H2,1-2H3/t17-/m1/s1. The van der Waals surface area contributed by atoms with E-state index in [1.54, 1.807) is 0 Å². The lowest BCUT2D eigenvalue weighted by Crippen LogP contribution is -2.34. The summed E-state index contributed by atoms with van der Waals surface area (Å²) in [6.45, 7) is 4.07. The summed E-state index contributed by atoms with van der Waals surface area (Å²) in [6, 6.07) is 14.9. The maximum atomic E-state index is 12.6. The molecule has 2 aromatic rings. The molecule has 1 saturated heterocycles. The van der Waals surface area contributed by atoms with Crippen molar-refractivity contribution < 1.29 is 9.59 Å². The molecule has 118 valence electrons. The van der Waals surface area contributed by atoms with Crippen LogP contribution in [0.25, 0.3) is 0 Å². The van der Waals surface area contributed by atoms with Crippen LogP contribution in [0, 0.1) is 6.92 Å². The smallest absolute Gasteiger partial charge is 0.256 e. The van der Waals surface area contributed by atoms with Gasteiger partial charge in [-0.2, -0.15) is 0 Å². The van der Waals surface area contributed by atoms with Crippen LogP contribution in [0.15, 0.2) is 48.5 Å². The number of nitrogens with one attached hydrogen (secondary N) is 1. The second-order valence-corrected chi connectivity index (χ2v) is 5.85. The van der Waals surface area contributed by atoms with E-state index in [9.17, 15) is 9.59 Å². The highest BCUT2D eigenvalue weighted by atomic mass is 16.2. The summed E-state index contributed by atoms with van der Waals surface area (Å²) in [5.74, 6) is -0.361. The van der Waals surface area contributed by atoms with Crippen LogP contribution in [0.2, 0.25) is 0 Å². The van der Waals surface area contributed by atoms with Gasteiger partial charge in [0.2, 0.25) is 5.91 Å². The summed E-state index contributed by atoms with van der Waals surface area (Å²) in [6.07, 6.45) is 1.16. The molecule has 0 unspecified atom stereocenters. The molecule has 1 aliphatic rings. The van der Waals surface area contributed by atoms with Crippen LogP contribution >= 0.6 is 0 Å². The summed E-state index contributed by atoms with van der Waals surface area (Å²) >= 11 is 0. The van der Waals surface area contributed by atoms with E-state index in [1.807, 2.05) is 55.5 Å². The van der Waals surface area contributed by atoms with Gasteiger partial charge in [0.1, 0.15) is 6.04 Å². The van der Waals surface area contributed by atoms with E-state index >= 15 is 0 Å². The van der Waals surface area contributed by atoms with Gasteiger partial charge in [-0.1, -0.05) is 36.8 Å². The first kappa shape index (κ1) is 15.3. The van der Waals surface area contributed by atoms with Crippen molar-refractivity contribution in [2.24, 2.45) is 0 Å². The summed E-state index contributed by atoms with van der Waals surface area (Å²) in [7, 11) is 0. The lowest BCUT2D eigenvalue weighted by atomic mass is 10.1. The number of aryl methyl sites for hydroxylation is 2. The molecule has 0 bridgehead atoms. The number of carbonyl (C=O) groups is 2. The molecule has 1 aliphatic heterocycles. The number of hydrogen-bond acceptors (Lipinski definition) is 3. The van der Waals surface area contributed by atoms with Crippen LogP contribution < -0.4 is 10.2 Å². The molecular weight excluding hydrogens is 288 g/mol. The zero-order chi connectivity index (χ0) is 16.4. The third kappa shape index (κ3) is 3.11. The molecule has 1 atom stereocenters. The van der Waals surface area contributed by atoms with E-state index in [0.717, 1.165) is 17.7 Å². The van der Waals surface area contributed by atoms with Crippen LogP contribution in [-0.2, 0) is 16.0 Å². The number of hydrogen-bond donors (Lipinski definition) is 1. The Morgan fingerprint density at radius 1 is 1.04 bits per heavy atom. The molecule has 1 N–H and O–H groups in total. The van der Waals surface area contributed by atoms with Crippen LogP contribution in [0.4, 0.5) is 11.4 Å². The van der Waals surface area contributed by atoms with Crippen molar-refractivity contribution in [1.29, 1.82) is 0 Å². The predicted octanol–water partition coefficient (Wildman–Crippen LogP) is 3.30. The Labute approximate surface area is 136 Å². The highest BCUT2D eigenvalue weighted by Gasteiger charge is 2.39. The number of benzene rings is 2. The normalized spacial score (nSPS) is 17.7. The van der Waals surface area contributed by atoms with Crippen LogP contribution in [0.5, 0.6) is 0 Å². The summed E-state index contributed by atoms with van der Waals surface area (Å²) < 4.78 is 0. The summed E-state index contributed by atoms with van der Waals surface area (Å²) in [4.78, 5) is 26.1. The number of nitrogens with zero attached hydrogens (tertiary/aromatic N) is 1. The lowest BCUT2D eigenvalue weighted by molar-refractivity contribution is -0.121. The first-order valence-electron chi connectivity index (χ1n) is 7.87. The van der Waals surface area contributed by atoms with Crippen molar-refractivity contribution in [3.8, 4) is 0 Å². The van der Waals surface area contributed by atoms with Gasteiger partial charge >= 0.3 is 0 Å². The Morgan fingerprint density at radius 3 is 2.30 bits per heavy atom. The molecule has 0 aliphatic carbocycles. The molecule has 4 heteroatoms. The fourth-order valence-electron chi connectivity index (χ4n) is 2.75. The molecule has 0 aromatic heterocycles. The van der Waals surface area contributed by atoms with Gasteiger partial charge in [-0.25, -0.2) is 4.90 Å². The number of amides is 2. The van der Waals surface area contributed by atoms with Gasteiger partial charge in [-0.3, -0.25) is 9.59 Å². The molecule has 4 nitrogen and oxygen atoms in total. The lowest BCUT2D eigenvalue weighted by Gasteiger charge is -2.16. The minimum atomic E-state index is -0.503. The van der Waals surface area contributed by atoms with Crippen molar-refractivity contribution in [3.63, 3.8) is 0 Å². The van der Waals surface area contributed by atoms with Gasteiger partial charge in [-0.15, -0.1) is 0 Å². The first-order valence-corrected chi connectivity index (χ1v) is 7.87. The largest absolute Gasteiger partial charge is 0.373 e. The second kappa shape index (κ2) is 6.24. The Morgan fingerprint density at radius 2 is 1.70 bits per heavy atom. The third-order valence-corrected chi connectivity index (χ3v) is 4.14. The monoisotopic (exact) mass is 308 g/mol. The van der Waals surface area contributed by atoms with Gasteiger partial charge in [-0.05, 0) is 43.2 Å². The topological polar surface area (TPSA) is 49.4 Å². The maximum Gasteiger partial charge on any atom is 0.256 e. The number of rotatable bonds is 4. The Balaban J connectivity index is 1.76. The van der Waals surface area contributed by atoms with Crippen molar-refractivity contribution in [2.75, 3.05) is 10.2 Å². The molecule has 23 heavy (non-hydrogen) atoms.